The van der Waals surface area contributed by atoms with Crippen LogP contribution < -0.4 is 5.32 Å². The Kier molecular flexibility index (Phi) is 4.47. The third-order valence-electron chi connectivity index (χ3n) is 2.99. The molecule has 0 radical (unpaired) electrons. The van der Waals surface area contributed by atoms with E-state index < -0.39 is 0 Å². The van der Waals surface area contributed by atoms with Crippen LogP contribution in [0.4, 0.5) is 0 Å². The van der Waals surface area contributed by atoms with Crippen LogP contribution in [0.15, 0.2) is 19.6 Å². The molecule has 1 saturated carbocycles. The Morgan fingerprint density at radius 3 is 2.94 bits per heavy atom. The molecule has 0 amide bonds. The van der Waals surface area contributed by atoms with Gasteiger partial charge in [0.05, 0.1) is 17.1 Å². The molecule has 0 aromatic carbocycles. The molecule has 2 rings (SSSR count). The van der Waals surface area contributed by atoms with Crippen molar-refractivity contribution in [1.29, 1.82) is 0 Å². The first-order valence-electron chi connectivity index (χ1n) is 5.40. The normalized spacial score (nSPS) is 25.2. The van der Waals surface area contributed by atoms with Crippen molar-refractivity contribution in [2.24, 2.45) is 0 Å². The van der Waals surface area contributed by atoms with Crippen LogP contribution in [0.25, 0.3) is 0 Å². The Hall–Kier alpha value is 0.160. The number of nitrogens with one attached hydrogen (secondary N) is 1. The van der Waals surface area contributed by atoms with E-state index in [9.17, 15) is 0 Å². The summed E-state index contributed by atoms with van der Waals surface area (Å²) in [6, 6.07) is 2.43. The lowest BCUT2D eigenvalue weighted by atomic mass is 10.2. The standard InChI is InChI=1S/C11H15Br2NO2/c1-15-10-4-2-3-9(10)14-6-7-5-8(12)11(13)16-7/h5,9-10,14H,2-4,6H2,1H3. The van der Waals surface area contributed by atoms with Gasteiger partial charge in [-0.05, 0) is 57.2 Å². The van der Waals surface area contributed by atoms with E-state index in [1.165, 1.54) is 12.8 Å². The van der Waals surface area contributed by atoms with E-state index in [0.29, 0.717) is 12.1 Å². The molecule has 1 aromatic heterocycles. The fraction of sp³-hybridized carbons (Fsp3) is 0.636. The number of ether oxygens (including phenoxy) is 1. The van der Waals surface area contributed by atoms with Gasteiger partial charge in [0.25, 0.3) is 0 Å². The minimum Gasteiger partial charge on any atom is -0.452 e. The molecule has 3 nitrogen and oxygen atoms in total. The molecule has 1 aromatic rings. The second-order valence-corrected chi connectivity index (χ2v) is 5.60. The van der Waals surface area contributed by atoms with Crippen LogP contribution in [0.3, 0.4) is 0 Å². The van der Waals surface area contributed by atoms with Gasteiger partial charge in [-0.2, -0.15) is 0 Å². The average molecular weight is 353 g/mol. The zero-order valence-electron chi connectivity index (χ0n) is 9.13. The second kappa shape index (κ2) is 5.67. The average Bonchev–Trinajstić information content (AvgIpc) is 2.83. The molecule has 90 valence electrons. The predicted octanol–water partition coefficient (Wildman–Crippen LogP) is 3.46. The molecule has 1 fully saturated rings. The Morgan fingerprint density at radius 2 is 2.31 bits per heavy atom. The van der Waals surface area contributed by atoms with Crippen molar-refractivity contribution in [3.8, 4) is 0 Å². The first-order chi connectivity index (χ1) is 7.70. The molecule has 0 saturated heterocycles. The predicted molar refractivity (Wildman–Crippen MR) is 69.4 cm³/mol. The molecule has 1 aliphatic carbocycles. The molecule has 2 atom stereocenters. The summed E-state index contributed by atoms with van der Waals surface area (Å²) in [6.07, 6.45) is 3.92. The van der Waals surface area contributed by atoms with Crippen LogP contribution in [-0.2, 0) is 11.3 Å². The van der Waals surface area contributed by atoms with E-state index in [4.69, 9.17) is 9.15 Å². The fourth-order valence-electron chi connectivity index (χ4n) is 2.15. The smallest absolute Gasteiger partial charge is 0.183 e. The van der Waals surface area contributed by atoms with Gasteiger partial charge in [-0.3, -0.25) is 0 Å². The molecule has 2 unspecified atom stereocenters. The summed E-state index contributed by atoms with van der Waals surface area (Å²) >= 11 is 6.73. The summed E-state index contributed by atoms with van der Waals surface area (Å²) in [7, 11) is 1.78. The van der Waals surface area contributed by atoms with Gasteiger partial charge >= 0.3 is 0 Å². The highest BCUT2D eigenvalue weighted by atomic mass is 79.9. The summed E-state index contributed by atoms with van der Waals surface area (Å²) in [5.41, 5.74) is 0. The highest BCUT2D eigenvalue weighted by Gasteiger charge is 2.26. The van der Waals surface area contributed by atoms with Gasteiger partial charge in [0.1, 0.15) is 5.76 Å². The van der Waals surface area contributed by atoms with E-state index >= 15 is 0 Å². The number of methoxy groups -OCH3 is 1. The summed E-state index contributed by atoms with van der Waals surface area (Å²) in [4.78, 5) is 0. The molecule has 0 aliphatic heterocycles. The topological polar surface area (TPSA) is 34.4 Å². The summed E-state index contributed by atoms with van der Waals surface area (Å²) < 4.78 is 12.6. The molecule has 1 heterocycles. The Labute approximate surface area is 112 Å². The zero-order chi connectivity index (χ0) is 11.5. The van der Waals surface area contributed by atoms with Gasteiger partial charge < -0.3 is 14.5 Å². The summed E-state index contributed by atoms with van der Waals surface area (Å²) in [5.74, 6) is 0.931. The van der Waals surface area contributed by atoms with Crippen LogP contribution in [-0.4, -0.2) is 19.3 Å². The fourth-order valence-corrected chi connectivity index (χ4v) is 2.81. The van der Waals surface area contributed by atoms with Gasteiger partial charge in [-0.15, -0.1) is 0 Å². The Bertz CT molecular complexity index is 334. The van der Waals surface area contributed by atoms with E-state index in [1.807, 2.05) is 6.07 Å². The molecule has 16 heavy (non-hydrogen) atoms. The van der Waals surface area contributed by atoms with Crippen molar-refractivity contribution >= 4 is 31.9 Å². The third-order valence-corrected chi connectivity index (χ3v) is 4.70. The summed E-state index contributed by atoms with van der Waals surface area (Å²) in [5, 5.41) is 3.48. The van der Waals surface area contributed by atoms with Crippen molar-refractivity contribution < 1.29 is 9.15 Å². The Morgan fingerprint density at radius 1 is 1.50 bits per heavy atom. The highest BCUT2D eigenvalue weighted by molar-refractivity contribution is 9.13. The largest absolute Gasteiger partial charge is 0.452 e. The minimum atomic E-state index is 0.349. The number of halogens is 2. The molecule has 5 heteroatoms. The molecule has 1 N–H and O–H groups in total. The monoisotopic (exact) mass is 351 g/mol. The van der Waals surface area contributed by atoms with E-state index in [-0.39, 0.29) is 0 Å². The lowest BCUT2D eigenvalue weighted by molar-refractivity contribution is 0.0841. The van der Waals surface area contributed by atoms with Crippen molar-refractivity contribution in [2.45, 2.75) is 38.0 Å². The lowest BCUT2D eigenvalue weighted by Crippen LogP contribution is -2.36. The SMILES string of the molecule is COC1CCCC1NCc1cc(Br)c(Br)o1. The zero-order valence-corrected chi connectivity index (χ0v) is 12.3. The van der Waals surface area contributed by atoms with Crippen LogP contribution in [0.1, 0.15) is 25.0 Å². The first-order valence-corrected chi connectivity index (χ1v) is 6.99. The van der Waals surface area contributed by atoms with Crippen molar-refractivity contribution in [2.75, 3.05) is 7.11 Å². The van der Waals surface area contributed by atoms with Crippen LogP contribution >= 0.6 is 31.9 Å². The lowest BCUT2D eigenvalue weighted by Gasteiger charge is -2.18. The second-order valence-electron chi connectivity index (χ2n) is 4.03. The molecular formula is C11H15Br2NO2. The molecule has 0 spiro atoms. The van der Waals surface area contributed by atoms with Crippen LogP contribution in [0.2, 0.25) is 0 Å². The summed E-state index contributed by atoms with van der Waals surface area (Å²) in [6.45, 7) is 0.745. The van der Waals surface area contributed by atoms with Crippen molar-refractivity contribution in [3.63, 3.8) is 0 Å². The number of hydrogen-bond acceptors (Lipinski definition) is 3. The minimum absolute atomic E-state index is 0.349. The van der Waals surface area contributed by atoms with E-state index in [0.717, 1.165) is 27.9 Å². The van der Waals surface area contributed by atoms with Gasteiger partial charge in [0.15, 0.2) is 4.67 Å². The molecule has 0 bridgehead atoms. The van der Waals surface area contributed by atoms with E-state index in [1.54, 1.807) is 7.11 Å². The van der Waals surface area contributed by atoms with Gasteiger partial charge in [0.2, 0.25) is 0 Å². The van der Waals surface area contributed by atoms with Crippen molar-refractivity contribution in [1.82, 2.24) is 5.32 Å². The van der Waals surface area contributed by atoms with E-state index in [2.05, 4.69) is 37.2 Å². The van der Waals surface area contributed by atoms with Gasteiger partial charge in [-0.1, -0.05) is 0 Å². The van der Waals surface area contributed by atoms with Gasteiger partial charge in [-0.25, -0.2) is 0 Å². The maximum Gasteiger partial charge on any atom is 0.183 e. The Balaban J connectivity index is 1.87. The quantitative estimate of drug-likeness (QED) is 0.901. The van der Waals surface area contributed by atoms with Gasteiger partial charge in [0, 0.05) is 13.2 Å². The maximum atomic E-state index is 5.51. The number of hydrogen-bond donors (Lipinski definition) is 1. The van der Waals surface area contributed by atoms with Crippen molar-refractivity contribution in [3.05, 3.63) is 21.0 Å². The molecule has 1 aliphatic rings. The highest BCUT2D eigenvalue weighted by Crippen LogP contribution is 2.27. The third kappa shape index (κ3) is 2.88. The first kappa shape index (κ1) is 12.6. The number of furan rings is 1. The molecular weight excluding hydrogens is 338 g/mol. The maximum absolute atomic E-state index is 5.51. The van der Waals surface area contributed by atoms with Crippen LogP contribution in [0, 0.1) is 0 Å². The number of rotatable bonds is 4. The van der Waals surface area contributed by atoms with Crippen LogP contribution in [0.5, 0.6) is 0 Å².